The average molecular weight is 386 g/mol. The SMILES string of the molecule is O=C(NCC(=O)N1CCOC(COn2nnc3cccnc32)C1)c1ccco1. The predicted octanol–water partition coefficient (Wildman–Crippen LogP) is -0.495. The molecular formula is C17H18N6O5. The summed E-state index contributed by atoms with van der Waals surface area (Å²) in [5, 5.41) is 10.4. The van der Waals surface area contributed by atoms with Crippen molar-refractivity contribution < 1.29 is 23.6 Å². The van der Waals surface area contributed by atoms with Gasteiger partial charge in [-0.25, -0.2) is 4.98 Å². The molecule has 1 aliphatic heterocycles. The van der Waals surface area contributed by atoms with Crippen molar-refractivity contribution in [2.45, 2.75) is 6.10 Å². The Labute approximate surface area is 159 Å². The lowest BCUT2D eigenvalue weighted by atomic mass is 10.3. The maximum atomic E-state index is 12.4. The minimum absolute atomic E-state index is 0.120. The summed E-state index contributed by atoms with van der Waals surface area (Å²) >= 11 is 0. The van der Waals surface area contributed by atoms with E-state index in [0.29, 0.717) is 30.9 Å². The highest BCUT2D eigenvalue weighted by molar-refractivity contribution is 5.94. The molecule has 0 spiro atoms. The van der Waals surface area contributed by atoms with E-state index in [1.54, 1.807) is 29.3 Å². The van der Waals surface area contributed by atoms with E-state index in [-0.39, 0.29) is 30.9 Å². The summed E-state index contributed by atoms with van der Waals surface area (Å²) in [6.07, 6.45) is 2.69. The molecule has 1 unspecified atom stereocenters. The van der Waals surface area contributed by atoms with Crippen molar-refractivity contribution in [3.63, 3.8) is 0 Å². The molecular weight excluding hydrogens is 368 g/mol. The van der Waals surface area contributed by atoms with Crippen LogP contribution in [-0.4, -0.2) is 75.8 Å². The lowest BCUT2D eigenvalue weighted by Crippen LogP contribution is -2.50. The van der Waals surface area contributed by atoms with Crippen LogP contribution in [0.5, 0.6) is 0 Å². The minimum Gasteiger partial charge on any atom is -0.459 e. The molecule has 11 heteroatoms. The van der Waals surface area contributed by atoms with Crippen LogP contribution in [0.1, 0.15) is 10.6 Å². The third-order valence-electron chi connectivity index (χ3n) is 4.20. The highest BCUT2D eigenvalue weighted by Gasteiger charge is 2.25. The summed E-state index contributed by atoms with van der Waals surface area (Å²) < 4.78 is 10.6. The Hall–Kier alpha value is -3.47. The van der Waals surface area contributed by atoms with Crippen LogP contribution in [0.2, 0.25) is 0 Å². The highest BCUT2D eigenvalue weighted by atomic mass is 16.7. The van der Waals surface area contributed by atoms with Gasteiger partial charge < -0.3 is 24.2 Å². The molecule has 0 aromatic carbocycles. The van der Waals surface area contributed by atoms with Crippen LogP contribution < -0.4 is 10.2 Å². The van der Waals surface area contributed by atoms with Gasteiger partial charge in [-0.05, 0) is 29.5 Å². The van der Waals surface area contributed by atoms with E-state index in [0.717, 1.165) is 0 Å². The van der Waals surface area contributed by atoms with E-state index in [1.165, 1.54) is 17.2 Å². The third-order valence-corrected chi connectivity index (χ3v) is 4.20. The number of rotatable bonds is 6. The zero-order valence-electron chi connectivity index (χ0n) is 14.9. The summed E-state index contributed by atoms with van der Waals surface area (Å²) in [7, 11) is 0. The van der Waals surface area contributed by atoms with Crippen LogP contribution in [-0.2, 0) is 9.53 Å². The molecule has 1 N–H and O–H groups in total. The summed E-state index contributed by atoms with van der Waals surface area (Å²) in [5.41, 5.74) is 1.13. The predicted molar refractivity (Wildman–Crippen MR) is 94.1 cm³/mol. The van der Waals surface area contributed by atoms with E-state index < -0.39 is 5.91 Å². The van der Waals surface area contributed by atoms with Crippen molar-refractivity contribution >= 4 is 23.0 Å². The van der Waals surface area contributed by atoms with Gasteiger partial charge in [0.25, 0.3) is 5.91 Å². The first kappa shape index (κ1) is 17.9. The number of nitrogens with zero attached hydrogens (tertiary/aromatic N) is 5. The van der Waals surface area contributed by atoms with E-state index in [1.807, 2.05) is 0 Å². The van der Waals surface area contributed by atoms with Crippen LogP contribution in [0, 0.1) is 0 Å². The zero-order valence-corrected chi connectivity index (χ0v) is 14.9. The molecule has 4 heterocycles. The van der Waals surface area contributed by atoms with Gasteiger partial charge in [0.05, 0.1) is 26.0 Å². The molecule has 1 saturated heterocycles. The second-order valence-electron chi connectivity index (χ2n) is 6.10. The number of carbonyl (C=O) groups excluding carboxylic acids is 2. The first-order valence-corrected chi connectivity index (χ1v) is 8.71. The largest absolute Gasteiger partial charge is 0.459 e. The van der Waals surface area contributed by atoms with E-state index in [9.17, 15) is 9.59 Å². The van der Waals surface area contributed by atoms with Gasteiger partial charge in [0, 0.05) is 12.7 Å². The lowest BCUT2D eigenvalue weighted by Gasteiger charge is -2.32. The van der Waals surface area contributed by atoms with Gasteiger partial charge >= 0.3 is 0 Å². The molecule has 0 aliphatic carbocycles. The Kier molecular flexibility index (Phi) is 5.15. The Morgan fingerprint density at radius 1 is 1.32 bits per heavy atom. The molecule has 28 heavy (non-hydrogen) atoms. The number of ether oxygens (including phenoxy) is 1. The summed E-state index contributed by atoms with van der Waals surface area (Å²) in [6.45, 7) is 1.22. The normalized spacial score (nSPS) is 16.9. The van der Waals surface area contributed by atoms with Crippen LogP contribution in [0.15, 0.2) is 41.1 Å². The molecule has 3 aromatic rings. The fourth-order valence-electron chi connectivity index (χ4n) is 2.80. The minimum atomic E-state index is -0.433. The van der Waals surface area contributed by atoms with E-state index >= 15 is 0 Å². The number of pyridine rings is 1. The van der Waals surface area contributed by atoms with Crippen molar-refractivity contribution in [3.8, 4) is 0 Å². The number of furan rings is 1. The van der Waals surface area contributed by atoms with Gasteiger partial charge in [0.2, 0.25) is 11.6 Å². The number of carbonyl (C=O) groups is 2. The topological polar surface area (TPSA) is 125 Å². The Balaban J connectivity index is 1.28. The van der Waals surface area contributed by atoms with Gasteiger partial charge in [-0.2, -0.15) is 0 Å². The molecule has 1 atom stereocenters. The Morgan fingerprint density at radius 3 is 3.11 bits per heavy atom. The fourth-order valence-corrected chi connectivity index (χ4v) is 2.80. The number of amides is 2. The molecule has 1 fully saturated rings. The summed E-state index contributed by atoms with van der Waals surface area (Å²) in [5.74, 6) is -0.479. The first-order valence-electron chi connectivity index (χ1n) is 8.71. The van der Waals surface area contributed by atoms with Crippen LogP contribution >= 0.6 is 0 Å². The number of aromatic nitrogens is 4. The third kappa shape index (κ3) is 3.93. The number of nitrogens with one attached hydrogen (secondary N) is 1. The van der Waals surface area contributed by atoms with Crippen LogP contribution in [0.3, 0.4) is 0 Å². The smallest absolute Gasteiger partial charge is 0.287 e. The maximum Gasteiger partial charge on any atom is 0.287 e. The van der Waals surface area contributed by atoms with Gasteiger partial charge in [-0.15, -0.1) is 5.10 Å². The molecule has 146 valence electrons. The molecule has 0 saturated carbocycles. The van der Waals surface area contributed by atoms with E-state index in [2.05, 4.69) is 20.6 Å². The van der Waals surface area contributed by atoms with Crippen LogP contribution in [0.25, 0.3) is 11.2 Å². The number of fused-ring (bicyclic) bond motifs is 1. The quantitative estimate of drug-likeness (QED) is 0.601. The molecule has 0 bridgehead atoms. The van der Waals surface area contributed by atoms with Crippen molar-refractivity contribution in [2.24, 2.45) is 0 Å². The second-order valence-corrected chi connectivity index (χ2v) is 6.10. The Bertz CT molecular complexity index is 956. The van der Waals surface area contributed by atoms with Gasteiger partial charge in [0.15, 0.2) is 5.76 Å². The van der Waals surface area contributed by atoms with Gasteiger partial charge in [-0.1, -0.05) is 4.85 Å². The number of hydrogen-bond acceptors (Lipinski definition) is 8. The average Bonchev–Trinajstić information content (AvgIpc) is 3.41. The maximum absolute atomic E-state index is 12.4. The number of hydrogen-bond donors (Lipinski definition) is 1. The standard InChI is InChI=1S/C17H18N6O5/c24-15(9-19-17(25)14-4-2-7-27-14)22-6-8-26-12(10-22)11-28-23-16-13(20-21-23)3-1-5-18-16/h1-5,7,12H,6,8-11H2,(H,19,25). The molecule has 3 aromatic heterocycles. The second kappa shape index (κ2) is 8.05. The number of morpholine rings is 1. The summed E-state index contributed by atoms with van der Waals surface area (Å²) in [4.78, 5) is 36.9. The molecule has 1 aliphatic rings. The molecule has 0 radical (unpaired) electrons. The van der Waals surface area contributed by atoms with Crippen molar-refractivity contribution in [2.75, 3.05) is 32.8 Å². The van der Waals surface area contributed by atoms with Crippen molar-refractivity contribution in [1.82, 2.24) is 30.4 Å². The van der Waals surface area contributed by atoms with Crippen molar-refractivity contribution in [3.05, 3.63) is 42.5 Å². The lowest BCUT2D eigenvalue weighted by molar-refractivity contribution is -0.140. The van der Waals surface area contributed by atoms with Crippen LogP contribution in [0.4, 0.5) is 0 Å². The molecule has 4 rings (SSSR count). The highest BCUT2D eigenvalue weighted by Crippen LogP contribution is 2.08. The molecule has 2 amide bonds. The first-order chi connectivity index (χ1) is 13.7. The summed E-state index contributed by atoms with van der Waals surface area (Å²) in [6, 6.07) is 6.69. The zero-order chi connectivity index (χ0) is 19.3. The monoisotopic (exact) mass is 386 g/mol. The Morgan fingerprint density at radius 2 is 2.25 bits per heavy atom. The van der Waals surface area contributed by atoms with Crippen molar-refractivity contribution in [1.29, 1.82) is 0 Å². The molecule has 11 nitrogen and oxygen atoms in total. The van der Waals surface area contributed by atoms with E-state index in [4.69, 9.17) is 14.0 Å². The van der Waals surface area contributed by atoms with Gasteiger partial charge in [0.1, 0.15) is 18.2 Å². The van der Waals surface area contributed by atoms with Gasteiger partial charge in [-0.3, -0.25) is 9.59 Å². The fraction of sp³-hybridized carbons (Fsp3) is 0.353.